The molecular weight excluding hydrogens is 368 g/mol. The van der Waals surface area contributed by atoms with Crippen LogP contribution in [-0.2, 0) is 16.0 Å². The summed E-state index contributed by atoms with van der Waals surface area (Å²) in [5.74, 6) is 2.04. The molecule has 3 N–H and O–H groups in total. The molecule has 0 bridgehead atoms. The van der Waals surface area contributed by atoms with Gasteiger partial charge in [0.2, 0.25) is 0 Å². The van der Waals surface area contributed by atoms with Gasteiger partial charge in [0.1, 0.15) is 5.75 Å². The summed E-state index contributed by atoms with van der Waals surface area (Å²) in [4.78, 5) is 15.9. The Hall–Kier alpha value is -2.28. The van der Waals surface area contributed by atoms with Gasteiger partial charge in [-0.3, -0.25) is 9.79 Å². The molecule has 1 aliphatic carbocycles. The van der Waals surface area contributed by atoms with E-state index in [9.17, 15) is 4.79 Å². The molecule has 0 unspecified atom stereocenters. The minimum atomic E-state index is -0.0499. The molecule has 0 spiro atoms. The van der Waals surface area contributed by atoms with E-state index in [1.807, 2.05) is 24.3 Å². The van der Waals surface area contributed by atoms with Gasteiger partial charge in [0, 0.05) is 39.4 Å². The summed E-state index contributed by atoms with van der Waals surface area (Å²) in [6, 6.07) is 8.23. The van der Waals surface area contributed by atoms with Crippen molar-refractivity contribution in [1.29, 1.82) is 0 Å². The minimum absolute atomic E-state index is 0.0499. The molecule has 7 nitrogen and oxygen atoms in total. The van der Waals surface area contributed by atoms with E-state index in [-0.39, 0.29) is 12.5 Å². The van der Waals surface area contributed by atoms with Crippen molar-refractivity contribution in [3.63, 3.8) is 0 Å². The molecule has 0 aliphatic heterocycles. The highest BCUT2D eigenvalue weighted by atomic mass is 16.5. The molecule has 1 aromatic rings. The summed E-state index contributed by atoms with van der Waals surface area (Å²) in [7, 11) is 1.77. The first-order valence-corrected chi connectivity index (χ1v) is 10.6. The highest BCUT2D eigenvalue weighted by molar-refractivity contribution is 5.79. The van der Waals surface area contributed by atoms with Crippen molar-refractivity contribution in [2.45, 2.75) is 45.6 Å². The van der Waals surface area contributed by atoms with E-state index < -0.39 is 0 Å². The Bertz CT molecular complexity index is 627. The van der Waals surface area contributed by atoms with Gasteiger partial charge in [0.05, 0.1) is 0 Å². The van der Waals surface area contributed by atoms with Crippen LogP contribution in [0.1, 0.15) is 38.7 Å². The summed E-state index contributed by atoms with van der Waals surface area (Å²) in [6.45, 7) is 7.56. The summed E-state index contributed by atoms with van der Waals surface area (Å²) in [5, 5.41) is 9.53. The average Bonchev–Trinajstić information content (AvgIpc) is 3.52. The first kappa shape index (κ1) is 23.0. The Morgan fingerprint density at radius 3 is 2.55 bits per heavy atom. The lowest BCUT2D eigenvalue weighted by molar-refractivity contribution is -0.123. The normalized spacial score (nSPS) is 14.0. The van der Waals surface area contributed by atoms with Crippen LogP contribution in [-0.4, -0.2) is 57.9 Å². The van der Waals surface area contributed by atoms with Gasteiger partial charge in [0.15, 0.2) is 12.6 Å². The third-order valence-electron chi connectivity index (χ3n) is 4.37. The van der Waals surface area contributed by atoms with Crippen LogP contribution in [0.5, 0.6) is 5.75 Å². The second-order valence-corrected chi connectivity index (χ2v) is 7.77. The number of amides is 1. The second-order valence-electron chi connectivity index (χ2n) is 7.77. The molecule has 29 heavy (non-hydrogen) atoms. The molecule has 1 aliphatic rings. The van der Waals surface area contributed by atoms with Crippen molar-refractivity contribution >= 4 is 11.9 Å². The quantitative estimate of drug-likeness (QED) is 0.266. The van der Waals surface area contributed by atoms with Gasteiger partial charge < -0.3 is 25.4 Å². The number of hydrogen-bond donors (Lipinski definition) is 3. The second kappa shape index (κ2) is 13.0. The maximum Gasteiger partial charge on any atom is 0.258 e. The number of carbonyl (C=O) groups excluding carboxylic acids is 1. The molecule has 7 heteroatoms. The lowest BCUT2D eigenvalue weighted by Gasteiger charge is -2.12. The number of nitrogens with zero attached hydrogens (tertiary/aromatic N) is 1. The van der Waals surface area contributed by atoms with Crippen LogP contribution in [0, 0.1) is 5.92 Å². The minimum Gasteiger partial charge on any atom is -0.484 e. The largest absolute Gasteiger partial charge is 0.484 e. The number of benzene rings is 1. The molecule has 2 rings (SSSR count). The van der Waals surface area contributed by atoms with E-state index in [1.165, 1.54) is 5.56 Å². The molecule has 0 saturated heterocycles. The number of carbonyl (C=O) groups is 1. The molecule has 1 fully saturated rings. The zero-order chi connectivity index (χ0) is 20.9. The van der Waals surface area contributed by atoms with Gasteiger partial charge in [-0.25, -0.2) is 0 Å². The fourth-order valence-electron chi connectivity index (χ4n) is 2.64. The van der Waals surface area contributed by atoms with Crippen molar-refractivity contribution < 1.29 is 14.3 Å². The summed E-state index contributed by atoms with van der Waals surface area (Å²) in [6.07, 6.45) is 4.00. The van der Waals surface area contributed by atoms with E-state index in [1.54, 1.807) is 7.05 Å². The van der Waals surface area contributed by atoms with Gasteiger partial charge in [-0.05, 0) is 49.3 Å². The van der Waals surface area contributed by atoms with E-state index in [0.717, 1.165) is 57.9 Å². The fourth-order valence-corrected chi connectivity index (χ4v) is 2.64. The van der Waals surface area contributed by atoms with Crippen molar-refractivity contribution in [2.75, 3.05) is 40.0 Å². The maximum absolute atomic E-state index is 11.7. The van der Waals surface area contributed by atoms with Gasteiger partial charge in [-0.2, -0.15) is 0 Å². The molecule has 0 heterocycles. The first-order valence-electron chi connectivity index (χ1n) is 10.6. The predicted molar refractivity (Wildman–Crippen MR) is 116 cm³/mol. The van der Waals surface area contributed by atoms with Crippen molar-refractivity contribution in [2.24, 2.45) is 10.9 Å². The van der Waals surface area contributed by atoms with Crippen molar-refractivity contribution in [3.05, 3.63) is 29.8 Å². The average molecular weight is 405 g/mol. The number of guanidine groups is 1. The Balaban J connectivity index is 1.56. The van der Waals surface area contributed by atoms with Crippen LogP contribution in [0.15, 0.2) is 29.3 Å². The molecule has 0 aromatic heterocycles. The van der Waals surface area contributed by atoms with E-state index in [0.29, 0.717) is 17.7 Å². The van der Waals surface area contributed by atoms with E-state index in [2.05, 4.69) is 34.8 Å². The number of hydrogen-bond acceptors (Lipinski definition) is 4. The van der Waals surface area contributed by atoms with Crippen LogP contribution in [0.2, 0.25) is 0 Å². The van der Waals surface area contributed by atoms with Crippen molar-refractivity contribution in [3.8, 4) is 5.75 Å². The predicted octanol–water partition coefficient (Wildman–Crippen LogP) is 2.11. The Morgan fingerprint density at radius 1 is 1.17 bits per heavy atom. The van der Waals surface area contributed by atoms with Crippen LogP contribution < -0.4 is 20.7 Å². The molecule has 0 atom stereocenters. The Kier molecular flexibility index (Phi) is 10.3. The van der Waals surface area contributed by atoms with Gasteiger partial charge >= 0.3 is 0 Å². The van der Waals surface area contributed by atoms with E-state index >= 15 is 0 Å². The van der Waals surface area contributed by atoms with Crippen LogP contribution in [0.3, 0.4) is 0 Å². The molecular formula is C22H36N4O3. The number of rotatable bonds is 13. The van der Waals surface area contributed by atoms with Crippen LogP contribution in [0.25, 0.3) is 0 Å². The van der Waals surface area contributed by atoms with Gasteiger partial charge in [-0.15, -0.1) is 0 Å². The van der Waals surface area contributed by atoms with Crippen molar-refractivity contribution in [1.82, 2.24) is 16.0 Å². The summed E-state index contributed by atoms with van der Waals surface area (Å²) >= 11 is 0. The number of nitrogens with one attached hydrogen (secondary N) is 3. The monoisotopic (exact) mass is 404 g/mol. The third kappa shape index (κ3) is 10.7. The summed E-state index contributed by atoms with van der Waals surface area (Å²) < 4.78 is 11.1. The highest BCUT2D eigenvalue weighted by Gasteiger charge is 2.23. The number of ether oxygens (including phenoxy) is 2. The smallest absolute Gasteiger partial charge is 0.258 e. The van der Waals surface area contributed by atoms with E-state index in [4.69, 9.17) is 9.47 Å². The molecule has 1 saturated carbocycles. The van der Waals surface area contributed by atoms with Gasteiger partial charge in [-0.1, -0.05) is 26.0 Å². The van der Waals surface area contributed by atoms with Crippen LogP contribution in [0.4, 0.5) is 0 Å². The maximum atomic E-state index is 11.7. The Morgan fingerprint density at radius 2 is 1.90 bits per heavy atom. The zero-order valence-corrected chi connectivity index (χ0v) is 18.0. The van der Waals surface area contributed by atoms with Crippen LogP contribution >= 0.6 is 0 Å². The fraction of sp³-hybridized carbons (Fsp3) is 0.636. The molecule has 0 radical (unpaired) electrons. The third-order valence-corrected chi connectivity index (χ3v) is 4.37. The lowest BCUT2D eigenvalue weighted by Crippen LogP contribution is -2.39. The highest BCUT2D eigenvalue weighted by Crippen LogP contribution is 2.18. The zero-order valence-electron chi connectivity index (χ0n) is 18.0. The standard InChI is InChI=1S/C22H36N4O3/c1-17(2)15-28-14-4-12-24-22(23-3)25-13-11-18-5-9-20(10-6-18)29-16-21(27)26-19-7-8-19/h5-6,9-10,17,19H,4,7-8,11-16H2,1-3H3,(H,26,27)(H2,23,24,25). The topological polar surface area (TPSA) is 84.0 Å². The lowest BCUT2D eigenvalue weighted by atomic mass is 10.1. The number of aliphatic imine (C=N–C) groups is 1. The molecule has 1 aromatic carbocycles. The van der Waals surface area contributed by atoms with Gasteiger partial charge in [0.25, 0.3) is 5.91 Å². The molecule has 1 amide bonds. The molecule has 162 valence electrons. The first-order chi connectivity index (χ1) is 14.1. The Labute approximate surface area is 174 Å². The SMILES string of the molecule is CN=C(NCCCOCC(C)C)NCCc1ccc(OCC(=O)NC2CC2)cc1. The summed E-state index contributed by atoms with van der Waals surface area (Å²) in [5.41, 5.74) is 1.20.